The zero-order valence-corrected chi connectivity index (χ0v) is 12.7. The number of rotatable bonds is 5. The molecule has 0 aliphatic rings. The van der Waals surface area contributed by atoms with Crippen molar-refractivity contribution >= 4 is 27.2 Å². The van der Waals surface area contributed by atoms with Crippen LogP contribution in [0.3, 0.4) is 0 Å². The first-order chi connectivity index (χ1) is 9.88. The highest BCUT2D eigenvalue weighted by atomic mass is 32.2. The van der Waals surface area contributed by atoms with Crippen LogP contribution in [0.4, 0.5) is 17.2 Å². The van der Waals surface area contributed by atoms with E-state index in [1.807, 2.05) is 0 Å². The number of nitrogens with two attached hydrogens (primary N) is 1. The summed E-state index contributed by atoms with van der Waals surface area (Å²) in [6, 6.07) is 9.87. The molecule has 0 spiro atoms. The molecule has 0 aliphatic heterocycles. The van der Waals surface area contributed by atoms with Gasteiger partial charge in [-0.3, -0.25) is 0 Å². The lowest BCUT2D eigenvalue weighted by molar-refractivity contribution is 0.570. The van der Waals surface area contributed by atoms with Crippen molar-refractivity contribution in [3.8, 4) is 0 Å². The summed E-state index contributed by atoms with van der Waals surface area (Å²) in [6.07, 6.45) is 1.56. The third-order valence-electron chi connectivity index (χ3n) is 2.63. The SMILES string of the molecule is CC(C)NS(=O)(=O)c1ccccc1Nc1ccnc(N)c1. The van der Waals surface area contributed by atoms with E-state index in [1.165, 1.54) is 0 Å². The summed E-state index contributed by atoms with van der Waals surface area (Å²) in [5, 5.41) is 3.05. The molecule has 2 rings (SSSR count). The summed E-state index contributed by atoms with van der Waals surface area (Å²) in [7, 11) is -3.58. The number of benzene rings is 1. The Bertz CT molecular complexity index is 729. The zero-order valence-electron chi connectivity index (χ0n) is 11.9. The van der Waals surface area contributed by atoms with Gasteiger partial charge < -0.3 is 11.1 Å². The zero-order chi connectivity index (χ0) is 15.5. The van der Waals surface area contributed by atoms with E-state index < -0.39 is 10.0 Å². The molecule has 0 saturated heterocycles. The molecule has 0 bridgehead atoms. The van der Waals surface area contributed by atoms with E-state index in [4.69, 9.17) is 5.73 Å². The van der Waals surface area contributed by atoms with Crippen LogP contribution in [0.5, 0.6) is 0 Å². The molecule has 0 radical (unpaired) electrons. The minimum atomic E-state index is -3.58. The van der Waals surface area contributed by atoms with Gasteiger partial charge in [0.2, 0.25) is 10.0 Å². The molecule has 4 N–H and O–H groups in total. The molecule has 0 atom stereocenters. The topological polar surface area (TPSA) is 97.1 Å². The Morgan fingerprint density at radius 2 is 1.90 bits per heavy atom. The van der Waals surface area contributed by atoms with Gasteiger partial charge in [-0.1, -0.05) is 12.1 Å². The van der Waals surface area contributed by atoms with Crippen LogP contribution in [0.25, 0.3) is 0 Å². The van der Waals surface area contributed by atoms with Gasteiger partial charge in [0.15, 0.2) is 0 Å². The summed E-state index contributed by atoms with van der Waals surface area (Å²) < 4.78 is 27.2. The molecule has 112 valence electrons. The second kappa shape index (κ2) is 6.11. The molecule has 1 aromatic carbocycles. The van der Waals surface area contributed by atoms with Crippen LogP contribution in [-0.4, -0.2) is 19.4 Å². The standard InChI is InChI=1S/C14H18N4O2S/c1-10(2)18-21(19,20)13-6-4-3-5-12(13)17-11-7-8-16-14(15)9-11/h3-10,18H,1-2H3,(H3,15,16,17). The van der Waals surface area contributed by atoms with E-state index in [0.29, 0.717) is 17.2 Å². The van der Waals surface area contributed by atoms with Crippen LogP contribution >= 0.6 is 0 Å². The Morgan fingerprint density at radius 3 is 2.57 bits per heavy atom. The molecule has 7 heteroatoms. The summed E-state index contributed by atoms with van der Waals surface area (Å²) in [4.78, 5) is 4.09. The largest absolute Gasteiger partial charge is 0.384 e. The number of pyridine rings is 1. The molecule has 21 heavy (non-hydrogen) atoms. The van der Waals surface area contributed by atoms with E-state index in [0.717, 1.165) is 0 Å². The van der Waals surface area contributed by atoms with Crippen molar-refractivity contribution < 1.29 is 8.42 Å². The Labute approximate surface area is 124 Å². The first-order valence-electron chi connectivity index (χ1n) is 6.48. The van der Waals surface area contributed by atoms with Crippen molar-refractivity contribution in [3.05, 3.63) is 42.6 Å². The van der Waals surface area contributed by atoms with E-state index in [-0.39, 0.29) is 10.9 Å². The first kappa shape index (κ1) is 15.3. The van der Waals surface area contributed by atoms with Crippen LogP contribution in [0, 0.1) is 0 Å². The first-order valence-corrected chi connectivity index (χ1v) is 7.97. The Morgan fingerprint density at radius 1 is 1.19 bits per heavy atom. The van der Waals surface area contributed by atoms with Gasteiger partial charge in [-0.2, -0.15) is 0 Å². The maximum absolute atomic E-state index is 12.3. The molecule has 1 aromatic heterocycles. The van der Waals surface area contributed by atoms with Crippen LogP contribution in [0.15, 0.2) is 47.5 Å². The highest BCUT2D eigenvalue weighted by Gasteiger charge is 2.19. The van der Waals surface area contributed by atoms with Crippen molar-refractivity contribution in [3.63, 3.8) is 0 Å². The molecule has 1 heterocycles. The van der Waals surface area contributed by atoms with Gasteiger partial charge in [-0.05, 0) is 32.0 Å². The third kappa shape index (κ3) is 3.93. The lowest BCUT2D eigenvalue weighted by Crippen LogP contribution is -2.30. The number of sulfonamides is 1. The summed E-state index contributed by atoms with van der Waals surface area (Å²) in [5.74, 6) is 0.362. The number of hydrogen-bond donors (Lipinski definition) is 3. The number of anilines is 3. The van der Waals surface area contributed by atoms with Crippen molar-refractivity contribution in [2.24, 2.45) is 0 Å². The van der Waals surface area contributed by atoms with Crippen molar-refractivity contribution in [2.75, 3.05) is 11.1 Å². The van der Waals surface area contributed by atoms with E-state index in [9.17, 15) is 8.42 Å². The van der Waals surface area contributed by atoms with Gasteiger partial charge in [-0.15, -0.1) is 0 Å². The van der Waals surface area contributed by atoms with Crippen molar-refractivity contribution in [1.29, 1.82) is 0 Å². The number of nitrogens with zero attached hydrogens (tertiary/aromatic N) is 1. The van der Waals surface area contributed by atoms with Crippen LogP contribution in [0.2, 0.25) is 0 Å². The smallest absolute Gasteiger partial charge is 0.242 e. The average Bonchev–Trinajstić information content (AvgIpc) is 2.37. The monoisotopic (exact) mass is 306 g/mol. The molecule has 0 aliphatic carbocycles. The fraction of sp³-hybridized carbons (Fsp3) is 0.214. The number of nitrogen functional groups attached to an aromatic ring is 1. The number of hydrogen-bond acceptors (Lipinski definition) is 5. The highest BCUT2D eigenvalue weighted by molar-refractivity contribution is 7.89. The molecule has 0 saturated carbocycles. The minimum absolute atomic E-state index is 0.181. The van der Waals surface area contributed by atoms with Crippen LogP contribution < -0.4 is 15.8 Å². The van der Waals surface area contributed by atoms with Gasteiger partial charge in [0.05, 0.1) is 5.69 Å². The van der Waals surface area contributed by atoms with Crippen LogP contribution in [0.1, 0.15) is 13.8 Å². The second-order valence-corrected chi connectivity index (χ2v) is 6.55. The molecule has 0 unspecified atom stereocenters. The summed E-state index contributed by atoms with van der Waals surface area (Å²) in [6.45, 7) is 3.55. The quantitative estimate of drug-likeness (QED) is 0.786. The second-order valence-electron chi connectivity index (χ2n) is 4.87. The summed E-state index contributed by atoms with van der Waals surface area (Å²) in [5.41, 5.74) is 6.78. The Hall–Kier alpha value is -2.12. The number of aromatic nitrogens is 1. The van der Waals surface area contributed by atoms with Gasteiger partial charge in [0.25, 0.3) is 0 Å². The predicted octanol–water partition coefficient (Wildman–Crippen LogP) is 2.09. The minimum Gasteiger partial charge on any atom is -0.384 e. The maximum atomic E-state index is 12.3. The van der Waals surface area contributed by atoms with Crippen molar-refractivity contribution in [1.82, 2.24) is 9.71 Å². The van der Waals surface area contributed by atoms with Gasteiger partial charge >= 0.3 is 0 Å². The molecule has 6 nitrogen and oxygen atoms in total. The summed E-state index contributed by atoms with van der Waals surface area (Å²) >= 11 is 0. The van der Waals surface area contributed by atoms with Crippen molar-refractivity contribution in [2.45, 2.75) is 24.8 Å². The molecular formula is C14H18N4O2S. The molecular weight excluding hydrogens is 288 g/mol. The maximum Gasteiger partial charge on any atom is 0.242 e. The predicted molar refractivity (Wildman–Crippen MR) is 83.8 cm³/mol. The van der Waals surface area contributed by atoms with Gasteiger partial charge in [0.1, 0.15) is 10.7 Å². The third-order valence-corrected chi connectivity index (χ3v) is 4.34. The van der Waals surface area contributed by atoms with E-state index in [2.05, 4.69) is 15.0 Å². The molecule has 2 aromatic rings. The lowest BCUT2D eigenvalue weighted by atomic mass is 10.3. The fourth-order valence-corrected chi connectivity index (χ4v) is 3.27. The molecule has 0 fully saturated rings. The van der Waals surface area contributed by atoms with Gasteiger partial charge in [-0.25, -0.2) is 18.1 Å². The van der Waals surface area contributed by atoms with Crippen LogP contribution in [-0.2, 0) is 10.0 Å². The van der Waals surface area contributed by atoms with Gasteiger partial charge in [0, 0.05) is 24.0 Å². The Kier molecular flexibility index (Phi) is 4.44. The highest BCUT2D eigenvalue weighted by Crippen LogP contribution is 2.25. The Balaban J connectivity index is 2.38. The fourth-order valence-electron chi connectivity index (χ4n) is 1.86. The number of nitrogens with one attached hydrogen (secondary N) is 2. The normalized spacial score (nSPS) is 11.6. The average molecular weight is 306 g/mol. The van der Waals surface area contributed by atoms with E-state index in [1.54, 1.807) is 56.4 Å². The van der Waals surface area contributed by atoms with E-state index >= 15 is 0 Å². The molecule has 0 amide bonds. The number of para-hydroxylation sites is 1. The lowest BCUT2D eigenvalue weighted by Gasteiger charge is -2.14.